The van der Waals surface area contributed by atoms with Gasteiger partial charge in [0.1, 0.15) is 17.3 Å². The average Bonchev–Trinajstić information content (AvgIpc) is 2.95. The van der Waals surface area contributed by atoms with Crippen LogP contribution in [0.25, 0.3) is 10.9 Å². The largest absolute Gasteiger partial charge is 0.336 e. The minimum absolute atomic E-state index is 0.123. The van der Waals surface area contributed by atoms with Crippen molar-refractivity contribution in [2.75, 3.05) is 18.8 Å². The predicted octanol–water partition coefficient (Wildman–Crippen LogP) is 4.83. The minimum atomic E-state index is -0.440. The van der Waals surface area contributed by atoms with Crippen molar-refractivity contribution < 1.29 is 13.6 Å². The lowest BCUT2D eigenvalue weighted by atomic mass is 10.1. The first-order valence-electron chi connectivity index (χ1n) is 8.83. The molecule has 0 radical (unpaired) electrons. The molecule has 3 nitrogen and oxygen atoms in total. The Morgan fingerprint density at radius 3 is 2.81 bits per heavy atom. The van der Waals surface area contributed by atoms with Crippen molar-refractivity contribution in [2.45, 2.75) is 11.7 Å². The molecule has 1 unspecified atom stereocenters. The second-order valence-electron chi connectivity index (χ2n) is 6.50. The highest BCUT2D eigenvalue weighted by molar-refractivity contribution is 7.99. The van der Waals surface area contributed by atoms with Gasteiger partial charge >= 0.3 is 0 Å². The number of carbonyl (C=O) groups excluding carboxylic acids is 1. The summed E-state index contributed by atoms with van der Waals surface area (Å²) in [6.45, 7) is 1.05. The van der Waals surface area contributed by atoms with Gasteiger partial charge in [-0.1, -0.05) is 24.3 Å². The van der Waals surface area contributed by atoms with Crippen molar-refractivity contribution in [1.82, 2.24) is 9.88 Å². The minimum Gasteiger partial charge on any atom is -0.336 e. The summed E-state index contributed by atoms with van der Waals surface area (Å²) >= 11 is 1.56. The Balaban J connectivity index is 1.51. The number of hydrogen-bond acceptors (Lipinski definition) is 3. The molecule has 0 bridgehead atoms. The Morgan fingerprint density at radius 2 is 1.93 bits per heavy atom. The van der Waals surface area contributed by atoms with E-state index in [2.05, 4.69) is 4.98 Å². The number of para-hydroxylation sites is 1. The van der Waals surface area contributed by atoms with Gasteiger partial charge in [0.05, 0.1) is 5.52 Å². The lowest BCUT2D eigenvalue weighted by molar-refractivity contribution is 0.0761. The molecule has 0 spiro atoms. The highest BCUT2D eigenvalue weighted by Gasteiger charge is 2.25. The van der Waals surface area contributed by atoms with Crippen molar-refractivity contribution in [2.24, 2.45) is 0 Å². The topological polar surface area (TPSA) is 33.2 Å². The van der Waals surface area contributed by atoms with Crippen LogP contribution in [0.2, 0.25) is 0 Å². The second-order valence-corrected chi connectivity index (χ2v) is 7.81. The van der Waals surface area contributed by atoms with Gasteiger partial charge in [-0.3, -0.25) is 4.79 Å². The molecule has 1 amide bonds. The summed E-state index contributed by atoms with van der Waals surface area (Å²) in [5.74, 6) is -0.295. The molecule has 138 valence electrons. The van der Waals surface area contributed by atoms with E-state index in [1.807, 2.05) is 30.3 Å². The van der Waals surface area contributed by atoms with E-state index >= 15 is 0 Å². The average molecular weight is 384 g/mol. The molecule has 4 rings (SSSR count). The number of benzene rings is 2. The summed E-state index contributed by atoms with van der Waals surface area (Å²) in [5.41, 5.74) is 1.57. The van der Waals surface area contributed by atoms with Gasteiger partial charge < -0.3 is 4.90 Å². The van der Waals surface area contributed by atoms with Gasteiger partial charge in [-0.05, 0) is 36.8 Å². The highest BCUT2D eigenvalue weighted by Crippen LogP contribution is 2.36. The third kappa shape index (κ3) is 3.81. The molecule has 1 saturated heterocycles. The van der Waals surface area contributed by atoms with Gasteiger partial charge in [-0.2, -0.15) is 11.8 Å². The maximum atomic E-state index is 14.1. The van der Waals surface area contributed by atoms with Crippen LogP contribution in [0.3, 0.4) is 0 Å². The molecule has 2 heterocycles. The number of amides is 1. The SMILES string of the molecule is O=C(c1ccc2ccccc2n1)N1CCSC(c2cc(F)ccc2F)CC1. The fourth-order valence-corrected chi connectivity index (χ4v) is 4.57. The van der Waals surface area contributed by atoms with Crippen molar-refractivity contribution >= 4 is 28.6 Å². The fraction of sp³-hybridized carbons (Fsp3) is 0.238. The molecule has 1 aliphatic heterocycles. The van der Waals surface area contributed by atoms with Crippen LogP contribution in [0.1, 0.15) is 27.7 Å². The summed E-state index contributed by atoms with van der Waals surface area (Å²) in [6, 6.07) is 14.9. The molecule has 3 aromatic rings. The molecule has 6 heteroatoms. The van der Waals surface area contributed by atoms with Gasteiger partial charge in [0.15, 0.2) is 0 Å². The number of rotatable bonds is 2. The van der Waals surface area contributed by atoms with Crippen LogP contribution in [0.15, 0.2) is 54.6 Å². The third-order valence-corrected chi connectivity index (χ3v) is 6.06. The van der Waals surface area contributed by atoms with E-state index in [9.17, 15) is 13.6 Å². The molecule has 0 saturated carbocycles. The summed E-state index contributed by atoms with van der Waals surface area (Å²) in [4.78, 5) is 19.1. The number of hydrogen-bond donors (Lipinski definition) is 0. The van der Waals surface area contributed by atoms with Gasteiger partial charge in [0.25, 0.3) is 5.91 Å². The molecule has 0 aliphatic carbocycles. The van der Waals surface area contributed by atoms with Crippen LogP contribution in [-0.4, -0.2) is 34.6 Å². The lowest BCUT2D eigenvalue weighted by Crippen LogP contribution is -2.33. The molecule has 1 atom stereocenters. The first kappa shape index (κ1) is 17.9. The summed E-state index contributed by atoms with van der Waals surface area (Å²) in [6.07, 6.45) is 0.574. The Morgan fingerprint density at radius 1 is 1.07 bits per heavy atom. The number of fused-ring (bicyclic) bond motifs is 1. The summed E-state index contributed by atoms with van der Waals surface area (Å²) in [7, 11) is 0. The van der Waals surface area contributed by atoms with Crippen LogP contribution >= 0.6 is 11.8 Å². The van der Waals surface area contributed by atoms with Crippen LogP contribution in [-0.2, 0) is 0 Å². The smallest absolute Gasteiger partial charge is 0.272 e. The van der Waals surface area contributed by atoms with E-state index < -0.39 is 11.6 Å². The molecule has 2 aromatic carbocycles. The molecular formula is C21H18F2N2OS. The van der Waals surface area contributed by atoms with E-state index in [-0.39, 0.29) is 11.2 Å². The number of thioether (sulfide) groups is 1. The number of nitrogens with zero attached hydrogens (tertiary/aromatic N) is 2. The lowest BCUT2D eigenvalue weighted by Gasteiger charge is -2.20. The second kappa shape index (κ2) is 7.64. The van der Waals surface area contributed by atoms with E-state index in [0.717, 1.165) is 23.0 Å². The normalized spacial score (nSPS) is 17.7. The Bertz CT molecular complexity index is 995. The zero-order valence-electron chi connectivity index (χ0n) is 14.6. The van der Waals surface area contributed by atoms with Crippen LogP contribution < -0.4 is 0 Å². The fourth-order valence-electron chi connectivity index (χ4n) is 3.33. The number of aromatic nitrogens is 1. The Labute approximate surface area is 160 Å². The molecule has 0 N–H and O–H groups in total. The molecule has 1 aromatic heterocycles. The number of carbonyl (C=O) groups is 1. The monoisotopic (exact) mass is 384 g/mol. The van der Waals surface area contributed by atoms with Gasteiger partial charge in [0, 0.05) is 35.0 Å². The third-order valence-electron chi connectivity index (χ3n) is 4.75. The summed E-state index contributed by atoms with van der Waals surface area (Å²) < 4.78 is 27.6. The van der Waals surface area contributed by atoms with E-state index in [1.54, 1.807) is 22.7 Å². The molecule has 1 fully saturated rings. The zero-order chi connectivity index (χ0) is 18.8. The first-order valence-corrected chi connectivity index (χ1v) is 9.88. The maximum absolute atomic E-state index is 14.1. The number of pyridine rings is 1. The quantitative estimate of drug-likeness (QED) is 0.634. The standard InChI is InChI=1S/C21H18F2N2OS/c22-15-6-7-17(23)16(13-15)20-9-10-25(11-12-27-20)21(26)19-8-5-14-3-1-2-4-18(14)24-19/h1-8,13,20H,9-12H2. The van der Waals surface area contributed by atoms with Gasteiger partial charge in [-0.15, -0.1) is 0 Å². The van der Waals surface area contributed by atoms with Crippen molar-refractivity contribution in [3.05, 3.63) is 77.5 Å². The van der Waals surface area contributed by atoms with E-state index in [4.69, 9.17) is 0 Å². The number of halogens is 2. The first-order chi connectivity index (χ1) is 13.1. The van der Waals surface area contributed by atoms with Crippen molar-refractivity contribution in [3.63, 3.8) is 0 Å². The Hall–Kier alpha value is -2.47. The predicted molar refractivity (Wildman–Crippen MR) is 104 cm³/mol. The van der Waals surface area contributed by atoms with Gasteiger partial charge in [0.2, 0.25) is 0 Å². The highest BCUT2D eigenvalue weighted by atomic mass is 32.2. The summed E-state index contributed by atoms with van der Waals surface area (Å²) in [5, 5.41) is 0.824. The maximum Gasteiger partial charge on any atom is 0.272 e. The van der Waals surface area contributed by atoms with E-state index in [0.29, 0.717) is 36.5 Å². The van der Waals surface area contributed by atoms with Gasteiger partial charge in [-0.25, -0.2) is 13.8 Å². The van der Waals surface area contributed by atoms with Crippen molar-refractivity contribution in [1.29, 1.82) is 0 Å². The van der Waals surface area contributed by atoms with Crippen LogP contribution in [0, 0.1) is 11.6 Å². The molecule has 27 heavy (non-hydrogen) atoms. The van der Waals surface area contributed by atoms with E-state index in [1.165, 1.54) is 6.07 Å². The Kier molecular flexibility index (Phi) is 5.07. The molecular weight excluding hydrogens is 366 g/mol. The van der Waals surface area contributed by atoms with Crippen LogP contribution in [0.4, 0.5) is 8.78 Å². The molecule has 1 aliphatic rings. The van der Waals surface area contributed by atoms with Crippen LogP contribution in [0.5, 0.6) is 0 Å². The van der Waals surface area contributed by atoms with Crippen molar-refractivity contribution in [3.8, 4) is 0 Å². The zero-order valence-corrected chi connectivity index (χ0v) is 15.4.